The lowest BCUT2D eigenvalue weighted by Crippen LogP contribution is -2.64. The first-order chi connectivity index (χ1) is 10.7. The Balaban J connectivity index is 1.32. The molecule has 0 N–H and O–H groups in total. The van der Waals surface area contributed by atoms with E-state index in [0.29, 0.717) is 11.5 Å². The van der Waals surface area contributed by atoms with Crippen molar-refractivity contribution in [3.05, 3.63) is 29.8 Å². The molecule has 1 aromatic carbocycles. The Morgan fingerprint density at radius 3 is 2.73 bits per heavy atom. The van der Waals surface area contributed by atoms with Crippen molar-refractivity contribution >= 4 is 0 Å². The summed E-state index contributed by atoms with van der Waals surface area (Å²) in [7, 11) is 0. The van der Waals surface area contributed by atoms with Gasteiger partial charge in [0.25, 0.3) is 0 Å². The van der Waals surface area contributed by atoms with Crippen molar-refractivity contribution in [1.29, 1.82) is 0 Å². The van der Waals surface area contributed by atoms with E-state index >= 15 is 0 Å². The molecule has 1 spiro atoms. The predicted molar refractivity (Wildman–Crippen MR) is 89.4 cm³/mol. The van der Waals surface area contributed by atoms with E-state index in [9.17, 15) is 0 Å². The van der Waals surface area contributed by atoms with Crippen LogP contribution in [0.1, 0.15) is 31.7 Å². The number of benzene rings is 1. The van der Waals surface area contributed by atoms with E-state index in [2.05, 4.69) is 41.0 Å². The first-order valence-corrected chi connectivity index (χ1v) is 8.91. The number of para-hydroxylation sites is 1. The highest BCUT2D eigenvalue weighted by Gasteiger charge is 2.47. The lowest BCUT2D eigenvalue weighted by molar-refractivity contribution is -0.0688. The molecule has 0 amide bonds. The van der Waals surface area contributed by atoms with Gasteiger partial charge in [0, 0.05) is 31.1 Å². The third-order valence-electron chi connectivity index (χ3n) is 5.74. The molecule has 2 fully saturated rings. The average molecular weight is 300 g/mol. The summed E-state index contributed by atoms with van der Waals surface area (Å²) >= 11 is 0. The van der Waals surface area contributed by atoms with Crippen molar-refractivity contribution in [2.75, 3.05) is 39.3 Å². The van der Waals surface area contributed by atoms with E-state index in [1.165, 1.54) is 64.0 Å². The van der Waals surface area contributed by atoms with Gasteiger partial charge < -0.3 is 9.64 Å². The lowest BCUT2D eigenvalue weighted by Gasteiger charge is -2.54. The fraction of sp³-hybridized carbons (Fsp3) is 0.684. The van der Waals surface area contributed by atoms with E-state index in [1.807, 2.05) is 0 Å². The Bertz CT molecular complexity index is 518. The van der Waals surface area contributed by atoms with Crippen molar-refractivity contribution in [2.45, 2.75) is 38.6 Å². The van der Waals surface area contributed by atoms with Gasteiger partial charge in [-0.1, -0.05) is 24.6 Å². The molecule has 1 atom stereocenters. The van der Waals surface area contributed by atoms with Gasteiger partial charge >= 0.3 is 0 Å². The first kappa shape index (κ1) is 14.5. The molecule has 3 aliphatic heterocycles. The maximum absolute atomic E-state index is 6.02. The molecule has 1 unspecified atom stereocenters. The number of hydrogen-bond donors (Lipinski definition) is 0. The van der Waals surface area contributed by atoms with Gasteiger partial charge in [0.1, 0.15) is 5.75 Å². The number of piperidine rings is 1. The van der Waals surface area contributed by atoms with Crippen molar-refractivity contribution < 1.29 is 4.74 Å². The minimum atomic E-state index is 0.379. The summed E-state index contributed by atoms with van der Waals surface area (Å²) in [6.07, 6.45) is 5.40. The van der Waals surface area contributed by atoms with Crippen LogP contribution in [-0.4, -0.2) is 55.2 Å². The first-order valence-electron chi connectivity index (χ1n) is 8.91. The molecule has 3 nitrogen and oxygen atoms in total. The zero-order valence-corrected chi connectivity index (χ0v) is 13.8. The summed E-state index contributed by atoms with van der Waals surface area (Å²) in [4.78, 5) is 5.32. The molecule has 0 aromatic heterocycles. The third-order valence-corrected chi connectivity index (χ3v) is 5.74. The maximum Gasteiger partial charge on any atom is 0.122 e. The molecule has 0 bridgehead atoms. The Morgan fingerprint density at radius 1 is 1.14 bits per heavy atom. The van der Waals surface area contributed by atoms with Crippen LogP contribution in [0.3, 0.4) is 0 Å². The molecule has 3 heteroatoms. The molecule has 4 rings (SSSR count). The molecule has 0 radical (unpaired) electrons. The zero-order valence-electron chi connectivity index (χ0n) is 13.8. The van der Waals surface area contributed by atoms with Crippen molar-refractivity contribution in [2.24, 2.45) is 5.41 Å². The zero-order chi connectivity index (χ0) is 15.0. The summed E-state index contributed by atoms with van der Waals surface area (Å²) in [6.45, 7) is 9.57. The number of nitrogens with zero attached hydrogens (tertiary/aromatic N) is 2. The van der Waals surface area contributed by atoms with E-state index in [1.54, 1.807) is 0 Å². The Hall–Kier alpha value is -1.06. The summed E-state index contributed by atoms with van der Waals surface area (Å²) in [5.74, 6) is 1.10. The van der Waals surface area contributed by atoms with Gasteiger partial charge in [-0.3, -0.25) is 4.90 Å². The largest absolute Gasteiger partial charge is 0.493 e. The van der Waals surface area contributed by atoms with Gasteiger partial charge in [0.2, 0.25) is 0 Å². The number of ether oxygens (including phenoxy) is 1. The van der Waals surface area contributed by atoms with E-state index < -0.39 is 0 Å². The molecule has 22 heavy (non-hydrogen) atoms. The Morgan fingerprint density at radius 2 is 1.91 bits per heavy atom. The van der Waals surface area contributed by atoms with Gasteiger partial charge in [-0.05, 0) is 50.9 Å². The van der Waals surface area contributed by atoms with Crippen LogP contribution in [0, 0.1) is 5.41 Å². The molecule has 1 aromatic rings. The second kappa shape index (κ2) is 5.86. The summed E-state index contributed by atoms with van der Waals surface area (Å²) in [6, 6.07) is 9.23. The van der Waals surface area contributed by atoms with E-state index in [-0.39, 0.29) is 0 Å². The standard InChI is InChI=1S/C19H28N2O/c1-16(12-20-9-5-2-6-10-20)21-13-19(14-21)11-17-7-3-4-8-18(17)22-15-19/h3-4,7-8,16H,2,5-6,9-15H2,1H3. The van der Waals surface area contributed by atoms with E-state index in [4.69, 9.17) is 4.74 Å². The highest BCUT2D eigenvalue weighted by Crippen LogP contribution is 2.41. The molecule has 3 heterocycles. The predicted octanol–water partition coefficient (Wildman–Crippen LogP) is 2.80. The molecule has 3 aliphatic rings. The number of hydrogen-bond acceptors (Lipinski definition) is 3. The highest BCUT2D eigenvalue weighted by atomic mass is 16.5. The van der Waals surface area contributed by atoms with Crippen LogP contribution in [0.15, 0.2) is 24.3 Å². The van der Waals surface area contributed by atoms with Crippen LogP contribution in [-0.2, 0) is 6.42 Å². The van der Waals surface area contributed by atoms with Gasteiger partial charge in [-0.25, -0.2) is 0 Å². The highest BCUT2D eigenvalue weighted by molar-refractivity contribution is 5.36. The third kappa shape index (κ3) is 2.77. The monoisotopic (exact) mass is 300 g/mol. The summed E-state index contributed by atoms with van der Waals surface area (Å²) in [5.41, 5.74) is 1.78. The van der Waals surface area contributed by atoms with Crippen LogP contribution >= 0.6 is 0 Å². The summed E-state index contributed by atoms with van der Waals surface area (Å²) < 4.78 is 6.02. The second-order valence-corrected chi connectivity index (χ2v) is 7.69. The van der Waals surface area contributed by atoms with Crippen LogP contribution in [0.2, 0.25) is 0 Å². The Kier molecular flexibility index (Phi) is 3.87. The topological polar surface area (TPSA) is 15.7 Å². The number of fused-ring (bicyclic) bond motifs is 1. The van der Waals surface area contributed by atoms with Crippen molar-refractivity contribution in [1.82, 2.24) is 9.80 Å². The van der Waals surface area contributed by atoms with Gasteiger partial charge in [0.15, 0.2) is 0 Å². The molecule has 0 saturated carbocycles. The van der Waals surface area contributed by atoms with Crippen molar-refractivity contribution in [3.8, 4) is 5.75 Å². The lowest BCUT2D eigenvalue weighted by atomic mass is 9.73. The maximum atomic E-state index is 6.02. The number of rotatable bonds is 3. The normalized spacial score (nSPS) is 26.0. The average Bonchev–Trinajstić information content (AvgIpc) is 2.53. The fourth-order valence-corrected chi connectivity index (χ4v) is 4.44. The van der Waals surface area contributed by atoms with Gasteiger partial charge in [0.05, 0.1) is 6.61 Å². The van der Waals surface area contributed by atoms with Crippen LogP contribution in [0.5, 0.6) is 5.75 Å². The minimum absolute atomic E-state index is 0.379. The Labute approximate surface area is 134 Å². The van der Waals surface area contributed by atoms with Gasteiger partial charge in [-0.15, -0.1) is 0 Å². The second-order valence-electron chi connectivity index (χ2n) is 7.69. The van der Waals surface area contributed by atoms with Crippen LogP contribution < -0.4 is 4.74 Å². The van der Waals surface area contributed by atoms with Gasteiger partial charge in [-0.2, -0.15) is 0 Å². The summed E-state index contributed by atoms with van der Waals surface area (Å²) in [5, 5.41) is 0. The van der Waals surface area contributed by atoms with Crippen LogP contribution in [0.25, 0.3) is 0 Å². The van der Waals surface area contributed by atoms with E-state index in [0.717, 1.165) is 12.4 Å². The smallest absolute Gasteiger partial charge is 0.122 e. The molecule has 0 aliphatic carbocycles. The SMILES string of the molecule is CC(CN1CCCCC1)N1CC2(COc3ccccc3C2)C1. The van der Waals surface area contributed by atoms with Crippen molar-refractivity contribution in [3.63, 3.8) is 0 Å². The van der Waals surface area contributed by atoms with Crippen LogP contribution in [0.4, 0.5) is 0 Å². The number of likely N-dealkylation sites (tertiary alicyclic amines) is 2. The molecular weight excluding hydrogens is 272 g/mol. The fourth-order valence-electron chi connectivity index (χ4n) is 4.44. The molecular formula is C19H28N2O. The minimum Gasteiger partial charge on any atom is -0.493 e. The molecule has 2 saturated heterocycles. The molecule has 120 valence electrons. The quantitative estimate of drug-likeness (QED) is 0.854.